The predicted molar refractivity (Wildman–Crippen MR) is 75.2 cm³/mol. The van der Waals surface area contributed by atoms with Gasteiger partial charge in [0.25, 0.3) is 0 Å². The summed E-state index contributed by atoms with van der Waals surface area (Å²) in [7, 11) is 1.61. The fraction of sp³-hybridized carbons (Fsp3) is 0.154. The third kappa shape index (κ3) is 3.11. The van der Waals surface area contributed by atoms with Crippen LogP contribution in [0.1, 0.15) is 10.4 Å². The topological polar surface area (TPSA) is 27.0 Å². The zero-order chi connectivity index (χ0) is 14.0. The summed E-state index contributed by atoms with van der Waals surface area (Å²) >= 11 is 4.84. The van der Waals surface area contributed by atoms with E-state index in [0.29, 0.717) is 6.54 Å². The maximum Gasteiger partial charge on any atom is 0.150 e. The number of halogens is 3. The summed E-state index contributed by atoms with van der Waals surface area (Å²) in [5, 5.41) is 10.6. The van der Waals surface area contributed by atoms with E-state index < -0.39 is 11.6 Å². The van der Waals surface area contributed by atoms with E-state index in [2.05, 4.69) is 15.9 Å². The number of thiophene rings is 1. The molecular weight excluding hydrogens is 334 g/mol. The molecule has 2 aromatic rings. The third-order valence-corrected chi connectivity index (χ3v) is 4.22. The normalized spacial score (nSPS) is 10.3. The molecule has 0 bridgehead atoms. The number of hydrogen-bond donors (Lipinski definition) is 0. The molecule has 0 N–H and O–H groups in total. The Morgan fingerprint density at radius 2 is 1.95 bits per heavy atom. The average molecular weight is 343 g/mol. The zero-order valence-corrected chi connectivity index (χ0v) is 12.4. The lowest BCUT2D eigenvalue weighted by Gasteiger charge is -2.19. The fourth-order valence-electron chi connectivity index (χ4n) is 1.74. The molecule has 0 saturated carbocycles. The van der Waals surface area contributed by atoms with E-state index in [9.17, 15) is 8.78 Å². The molecule has 2 nitrogen and oxygen atoms in total. The van der Waals surface area contributed by atoms with Crippen LogP contribution < -0.4 is 4.90 Å². The monoisotopic (exact) mass is 342 g/mol. The molecular formula is C13H9BrF2N2S. The van der Waals surface area contributed by atoms with Crippen LogP contribution in [0.3, 0.4) is 0 Å². The van der Waals surface area contributed by atoms with Gasteiger partial charge in [-0.25, -0.2) is 8.78 Å². The highest BCUT2D eigenvalue weighted by atomic mass is 79.9. The molecule has 6 heteroatoms. The summed E-state index contributed by atoms with van der Waals surface area (Å²) in [5.74, 6) is -1.45. The number of hydrogen-bond acceptors (Lipinski definition) is 3. The van der Waals surface area contributed by atoms with Crippen LogP contribution in [-0.4, -0.2) is 7.05 Å². The van der Waals surface area contributed by atoms with Crippen LogP contribution in [0.2, 0.25) is 0 Å². The smallest absolute Gasteiger partial charge is 0.150 e. The Labute approximate surface area is 122 Å². The van der Waals surface area contributed by atoms with Gasteiger partial charge in [-0.1, -0.05) is 0 Å². The van der Waals surface area contributed by atoms with E-state index in [1.807, 2.05) is 11.4 Å². The number of anilines is 1. The van der Waals surface area contributed by atoms with Gasteiger partial charge in [-0.2, -0.15) is 5.26 Å². The van der Waals surface area contributed by atoms with Crippen LogP contribution >= 0.6 is 27.3 Å². The van der Waals surface area contributed by atoms with Gasteiger partial charge in [-0.05, 0) is 34.1 Å². The first-order chi connectivity index (χ1) is 9.01. The quantitative estimate of drug-likeness (QED) is 0.831. The molecule has 0 aliphatic heterocycles. The van der Waals surface area contributed by atoms with Crippen LogP contribution in [-0.2, 0) is 6.54 Å². The second-order valence-corrected chi connectivity index (χ2v) is 5.90. The molecule has 0 radical (unpaired) electrons. The Morgan fingerprint density at radius 1 is 1.32 bits per heavy atom. The van der Waals surface area contributed by atoms with Crippen LogP contribution in [0.25, 0.3) is 0 Å². The first-order valence-corrected chi connectivity index (χ1v) is 7.01. The highest BCUT2D eigenvalue weighted by Gasteiger charge is 2.16. The third-order valence-electron chi connectivity index (χ3n) is 2.54. The van der Waals surface area contributed by atoms with Crippen molar-refractivity contribution in [2.24, 2.45) is 0 Å². The predicted octanol–water partition coefficient (Wildman–Crippen LogP) is 4.30. The highest BCUT2D eigenvalue weighted by molar-refractivity contribution is 9.10. The summed E-state index contributed by atoms with van der Waals surface area (Å²) in [6.45, 7) is 0.399. The van der Waals surface area contributed by atoms with E-state index in [1.165, 1.54) is 16.2 Å². The van der Waals surface area contributed by atoms with Crippen molar-refractivity contribution in [3.8, 4) is 6.07 Å². The van der Waals surface area contributed by atoms with Gasteiger partial charge in [-0.3, -0.25) is 0 Å². The van der Waals surface area contributed by atoms with Crippen molar-refractivity contribution in [2.45, 2.75) is 6.54 Å². The van der Waals surface area contributed by atoms with Crippen molar-refractivity contribution >= 4 is 33.0 Å². The average Bonchev–Trinajstić information content (AvgIpc) is 2.73. The lowest BCUT2D eigenvalue weighted by Crippen LogP contribution is -2.18. The Kier molecular flexibility index (Phi) is 4.17. The van der Waals surface area contributed by atoms with Crippen LogP contribution in [0.4, 0.5) is 14.5 Å². The van der Waals surface area contributed by atoms with Gasteiger partial charge in [0.15, 0.2) is 11.6 Å². The Bertz CT molecular complexity index is 625. The van der Waals surface area contributed by atoms with Crippen molar-refractivity contribution in [2.75, 3.05) is 11.9 Å². The molecule has 0 fully saturated rings. The van der Waals surface area contributed by atoms with Crippen molar-refractivity contribution in [3.05, 3.63) is 50.1 Å². The first kappa shape index (κ1) is 14.0. The van der Waals surface area contributed by atoms with Crippen LogP contribution in [0, 0.1) is 23.0 Å². The molecule has 0 amide bonds. The maximum absolute atomic E-state index is 13.8. The van der Waals surface area contributed by atoms with Gasteiger partial charge in [0.05, 0.1) is 18.2 Å². The van der Waals surface area contributed by atoms with E-state index >= 15 is 0 Å². The van der Waals surface area contributed by atoms with E-state index in [4.69, 9.17) is 5.26 Å². The lowest BCUT2D eigenvalue weighted by molar-refractivity contribution is 0.576. The van der Waals surface area contributed by atoms with Gasteiger partial charge in [0.2, 0.25) is 0 Å². The lowest BCUT2D eigenvalue weighted by atomic mass is 10.2. The van der Waals surface area contributed by atoms with Crippen LogP contribution in [0.15, 0.2) is 28.1 Å². The van der Waals surface area contributed by atoms with Crippen molar-refractivity contribution in [1.29, 1.82) is 5.26 Å². The minimum atomic E-state index is -0.727. The molecule has 0 aliphatic rings. The molecule has 1 heterocycles. The number of nitrogens with zero attached hydrogens (tertiary/aromatic N) is 2. The zero-order valence-electron chi connectivity index (χ0n) is 9.95. The van der Waals surface area contributed by atoms with E-state index in [0.717, 1.165) is 21.5 Å². The van der Waals surface area contributed by atoms with Gasteiger partial charge >= 0.3 is 0 Å². The molecule has 0 spiro atoms. The summed E-state index contributed by atoms with van der Waals surface area (Å²) in [6.07, 6.45) is 0. The summed E-state index contributed by atoms with van der Waals surface area (Å²) in [6, 6.07) is 5.71. The second-order valence-electron chi connectivity index (χ2n) is 3.99. The molecule has 0 unspecified atom stereocenters. The highest BCUT2D eigenvalue weighted by Crippen LogP contribution is 2.27. The minimum absolute atomic E-state index is 0.0222. The van der Waals surface area contributed by atoms with Gasteiger partial charge in [-0.15, -0.1) is 11.3 Å². The number of rotatable bonds is 3. The van der Waals surface area contributed by atoms with E-state index in [1.54, 1.807) is 13.1 Å². The SMILES string of the molecule is CN(Cc1cc(Br)cs1)c1c(F)cc(C#N)cc1F. The maximum atomic E-state index is 13.8. The molecule has 0 aliphatic carbocycles. The number of nitriles is 1. The van der Waals surface area contributed by atoms with Gasteiger partial charge < -0.3 is 4.90 Å². The van der Waals surface area contributed by atoms with E-state index in [-0.39, 0.29) is 11.3 Å². The molecule has 19 heavy (non-hydrogen) atoms. The first-order valence-electron chi connectivity index (χ1n) is 5.34. The molecule has 1 aromatic heterocycles. The van der Waals surface area contributed by atoms with Gasteiger partial charge in [0.1, 0.15) is 5.69 Å². The minimum Gasteiger partial charge on any atom is -0.365 e. The Balaban J connectivity index is 2.29. The van der Waals surface area contributed by atoms with Crippen LogP contribution in [0.5, 0.6) is 0 Å². The molecule has 98 valence electrons. The largest absolute Gasteiger partial charge is 0.365 e. The van der Waals surface area contributed by atoms with Crippen molar-refractivity contribution in [1.82, 2.24) is 0 Å². The second kappa shape index (κ2) is 5.68. The standard InChI is InChI=1S/C13H9BrF2N2S/c1-18(6-10-4-9(14)7-19-10)13-11(15)2-8(5-17)3-12(13)16/h2-4,7H,6H2,1H3. The summed E-state index contributed by atoms with van der Waals surface area (Å²) in [4.78, 5) is 2.47. The Morgan fingerprint density at radius 3 is 2.42 bits per heavy atom. The molecule has 1 aromatic carbocycles. The summed E-state index contributed by atoms with van der Waals surface area (Å²) in [5.41, 5.74) is -0.144. The van der Waals surface area contributed by atoms with Crippen molar-refractivity contribution < 1.29 is 8.78 Å². The molecule has 2 rings (SSSR count). The fourth-order valence-corrected chi connectivity index (χ4v) is 3.25. The Hall–Kier alpha value is -1.45. The summed E-state index contributed by atoms with van der Waals surface area (Å²) < 4.78 is 28.6. The van der Waals surface area contributed by atoms with Gasteiger partial charge in [0, 0.05) is 21.8 Å². The molecule has 0 atom stereocenters. The number of benzene rings is 1. The molecule has 0 saturated heterocycles. The van der Waals surface area contributed by atoms with Crippen molar-refractivity contribution in [3.63, 3.8) is 0 Å².